The van der Waals surface area contributed by atoms with Crippen molar-refractivity contribution in [3.63, 3.8) is 0 Å². The lowest BCUT2D eigenvalue weighted by atomic mass is 9.93. The zero-order chi connectivity index (χ0) is 10.6. The van der Waals surface area contributed by atoms with E-state index < -0.39 is 0 Å². The number of thioether (sulfide) groups is 1. The average Bonchev–Trinajstić information content (AvgIpc) is 2.67. The van der Waals surface area contributed by atoms with Crippen molar-refractivity contribution < 1.29 is 14.6 Å². The van der Waals surface area contributed by atoms with Crippen LogP contribution in [0.3, 0.4) is 0 Å². The van der Waals surface area contributed by atoms with Crippen LogP contribution in [0.4, 0.5) is 0 Å². The van der Waals surface area contributed by atoms with Crippen LogP contribution in [-0.2, 0) is 9.47 Å². The van der Waals surface area contributed by atoms with Crippen LogP contribution in [-0.4, -0.2) is 48.1 Å². The third kappa shape index (κ3) is 3.09. The highest BCUT2D eigenvalue weighted by atomic mass is 32.2. The molecule has 2 unspecified atom stereocenters. The predicted molar refractivity (Wildman–Crippen MR) is 61.3 cm³/mol. The Bertz CT molecular complexity index is 192. The largest absolute Gasteiger partial charge is 0.396 e. The molecule has 2 heterocycles. The second kappa shape index (κ2) is 5.53. The fourth-order valence-electron chi connectivity index (χ4n) is 2.30. The van der Waals surface area contributed by atoms with Crippen molar-refractivity contribution in [3.05, 3.63) is 0 Å². The van der Waals surface area contributed by atoms with Crippen LogP contribution in [0.15, 0.2) is 0 Å². The summed E-state index contributed by atoms with van der Waals surface area (Å²) in [5, 5.41) is 9.44. The molecule has 0 aliphatic carbocycles. The number of hydrogen-bond donors (Lipinski definition) is 1. The molecule has 1 spiro atoms. The lowest BCUT2D eigenvalue weighted by Gasteiger charge is -2.36. The van der Waals surface area contributed by atoms with Gasteiger partial charge in [-0.25, -0.2) is 0 Å². The van der Waals surface area contributed by atoms with Gasteiger partial charge in [0.15, 0.2) is 0 Å². The van der Waals surface area contributed by atoms with Crippen molar-refractivity contribution >= 4 is 11.8 Å². The highest BCUT2D eigenvalue weighted by molar-refractivity contribution is 7.99. The Kier molecular flexibility index (Phi) is 4.31. The Morgan fingerprint density at radius 3 is 3.07 bits per heavy atom. The monoisotopic (exact) mass is 232 g/mol. The minimum Gasteiger partial charge on any atom is -0.396 e. The van der Waals surface area contributed by atoms with Gasteiger partial charge in [-0.1, -0.05) is 0 Å². The first kappa shape index (κ1) is 11.7. The molecule has 4 heteroatoms. The first-order valence-electron chi connectivity index (χ1n) is 5.79. The molecule has 1 N–H and O–H groups in total. The second-order valence-electron chi connectivity index (χ2n) is 4.40. The van der Waals surface area contributed by atoms with Gasteiger partial charge in [-0.2, -0.15) is 11.8 Å². The number of hydrogen-bond acceptors (Lipinski definition) is 4. The third-order valence-corrected chi connectivity index (χ3v) is 4.57. The molecular formula is C11H20O3S. The first-order chi connectivity index (χ1) is 7.35. The minimum atomic E-state index is 0.0368. The molecular weight excluding hydrogens is 212 g/mol. The van der Waals surface area contributed by atoms with Gasteiger partial charge in [0, 0.05) is 31.5 Å². The van der Waals surface area contributed by atoms with Crippen molar-refractivity contribution in [2.45, 2.75) is 36.5 Å². The normalized spacial score (nSPS) is 36.2. The Hall–Kier alpha value is 0.230. The van der Waals surface area contributed by atoms with Crippen LogP contribution < -0.4 is 0 Å². The maximum Gasteiger partial charge on any atom is 0.0947 e. The summed E-state index contributed by atoms with van der Waals surface area (Å²) in [6.45, 7) is 2.82. The van der Waals surface area contributed by atoms with Gasteiger partial charge in [0.25, 0.3) is 0 Å². The van der Waals surface area contributed by atoms with Gasteiger partial charge < -0.3 is 14.6 Å². The molecule has 2 rings (SSSR count). The summed E-state index contributed by atoms with van der Waals surface area (Å²) in [4.78, 5) is 0. The molecule has 0 aromatic rings. The Labute approximate surface area is 95.5 Å². The van der Waals surface area contributed by atoms with Gasteiger partial charge in [-0.05, 0) is 25.0 Å². The molecule has 0 saturated carbocycles. The van der Waals surface area contributed by atoms with E-state index in [1.807, 2.05) is 11.8 Å². The second-order valence-corrected chi connectivity index (χ2v) is 5.81. The topological polar surface area (TPSA) is 38.7 Å². The SMILES string of the molecule is OCCCSC1CCOC2(CCOC2)C1. The summed E-state index contributed by atoms with van der Waals surface area (Å²) < 4.78 is 11.3. The van der Waals surface area contributed by atoms with E-state index in [2.05, 4.69) is 0 Å². The van der Waals surface area contributed by atoms with Crippen molar-refractivity contribution in [2.24, 2.45) is 0 Å². The summed E-state index contributed by atoms with van der Waals surface area (Å²) in [5.74, 6) is 1.07. The molecule has 2 aliphatic heterocycles. The van der Waals surface area contributed by atoms with Crippen molar-refractivity contribution in [3.8, 4) is 0 Å². The van der Waals surface area contributed by atoms with Crippen LogP contribution in [0.2, 0.25) is 0 Å². The zero-order valence-electron chi connectivity index (χ0n) is 9.11. The highest BCUT2D eigenvalue weighted by Gasteiger charge is 2.40. The van der Waals surface area contributed by atoms with Crippen LogP contribution in [0.25, 0.3) is 0 Å². The van der Waals surface area contributed by atoms with Crippen molar-refractivity contribution in [2.75, 3.05) is 32.2 Å². The number of aliphatic hydroxyl groups is 1. The number of aliphatic hydroxyl groups excluding tert-OH is 1. The molecule has 2 fully saturated rings. The molecule has 88 valence electrons. The molecule has 0 amide bonds. The van der Waals surface area contributed by atoms with Crippen LogP contribution in [0.5, 0.6) is 0 Å². The van der Waals surface area contributed by atoms with E-state index >= 15 is 0 Å². The number of rotatable bonds is 4. The summed E-state index contributed by atoms with van der Waals surface area (Å²) in [7, 11) is 0. The van der Waals surface area contributed by atoms with Crippen LogP contribution >= 0.6 is 11.8 Å². The Morgan fingerprint density at radius 1 is 1.40 bits per heavy atom. The van der Waals surface area contributed by atoms with E-state index in [9.17, 15) is 0 Å². The van der Waals surface area contributed by atoms with Crippen molar-refractivity contribution in [1.29, 1.82) is 0 Å². The Balaban J connectivity index is 1.76. The molecule has 2 aliphatic rings. The summed E-state index contributed by atoms with van der Waals surface area (Å²) >= 11 is 1.99. The Morgan fingerprint density at radius 2 is 2.33 bits per heavy atom. The van der Waals surface area contributed by atoms with Gasteiger partial charge in [-0.3, -0.25) is 0 Å². The van der Waals surface area contributed by atoms with Crippen LogP contribution in [0, 0.1) is 0 Å². The quantitative estimate of drug-likeness (QED) is 0.744. The van der Waals surface area contributed by atoms with Gasteiger partial charge in [-0.15, -0.1) is 0 Å². The smallest absolute Gasteiger partial charge is 0.0947 e. The number of ether oxygens (including phenoxy) is 2. The third-order valence-electron chi connectivity index (χ3n) is 3.17. The first-order valence-corrected chi connectivity index (χ1v) is 6.84. The van der Waals surface area contributed by atoms with Gasteiger partial charge >= 0.3 is 0 Å². The predicted octanol–water partition coefficient (Wildman–Crippen LogP) is 1.44. The molecule has 0 aromatic carbocycles. The van der Waals surface area contributed by atoms with E-state index in [1.54, 1.807) is 0 Å². The maximum absolute atomic E-state index is 8.74. The lowest BCUT2D eigenvalue weighted by molar-refractivity contribution is -0.0769. The highest BCUT2D eigenvalue weighted by Crippen LogP contribution is 2.37. The van der Waals surface area contributed by atoms with E-state index in [4.69, 9.17) is 14.6 Å². The maximum atomic E-state index is 8.74. The minimum absolute atomic E-state index is 0.0368. The van der Waals surface area contributed by atoms with E-state index in [0.29, 0.717) is 11.9 Å². The van der Waals surface area contributed by atoms with Crippen LogP contribution in [0.1, 0.15) is 25.7 Å². The standard InChI is InChI=1S/C11H20O3S/c12-4-1-7-15-10-2-5-14-11(8-10)3-6-13-9-11/h10,12H,1-9H2. The molecule has 0 radical (unpaired) electrons. The fourth-order valence-corrected chi connectivity index (χ4v) is 3.62. The van der Waals surface area contributed by atoms with E-state index in [0.717, 1.165) is 51.3 Å². The van der Waals surface area contributed by atoms with Gasteiger partial charge in [0.2, 0.25) is 0 Å². The lowest BCUT2D eigenvalue weighted by Crippen LogP contribution is -2.41. The molecule has 15 heavy (non-hydrogen) atoms. The molecule has 0 bridgehead atoms. The average molecular weight is 232 g/mol. The van der Waals surface area contributed by atoms with Crippen molar-refractivity contribution in [1.82, 2.24) is 0 Å². The summed E-state index contributed by atoms with van der Waals surface area (Å²) in [5.41, 5.74) is 0.0368. The molecule has 2 atom stereocenters. The zero-order valence-corrected chi connectivity index (χ0v) is 9.93. The molecule has 3 nitrogen and oxygen atoms in total. The van der Waals surface area contributed by atoms with E-state index in [-0.39, 0.29) is 5.60 Å². The summed E-state index contributed by atoms with van der Waals surface area (Å²) in [6, 6.07) is 0. The molecule has 0 aromatic heterocycles. The van der Waals surface area contributed by atoms with Gasteiger partial charge in [0.05, 0.1) is 12.2 Å². The summed E-state index contributed by atoms with van der Waals surface area (Å²) in [6.07, 6.45) is 4.25. The van der Waals surface area contributed by atoms with E-state index in [1.165, 1.54) is 0 Å². The molecule has 2 saturated heterocycles. The van der Waals surface area contributed by atoms with Gasteiger partial charge in [0.1, 0.15) is 0 Å². The fraction of sp³-hybridized carbons (Fsp3) is 1.00.